The highest BCUT2D eigenvalue weighted by Crippen LogP contribution is 2.45. The molecule has 35 heavy (non-hydrogen) atoms. The number of hydrogen-bond donors (Lipinski definition) is 2. The van der Waals surface area contributed by atoms with E-state index in [0.717, 1.165) is 18.2 Å². The summed E-state index contributed by atoms with van der Waals surface area (Å²) in [6.45, 7) is 7.54. The van der Waals surface area contributed by atoms with E-state index in [2.05, 4.69) is 32.2 Å². The molecule has 0 saturated heterocycles. The van der Waals surface area contributed by atoms with Crippen molar-refractivity contribution >= 4 is 62.2 Å². The van der Waals surface area contributed by atoms with Gasteiger partial charge in [0.15, 0.2) is 0 Å². The number of pyridine rings is 2. The first-order chi connectivity index (χ1) is 16.9. The number of aliphatic imine (C=N–C) groups is 1. The molecule has 4 heterocycles. The van der Waals surface area contributed by atoms with Crippen molar-refractivity contribution in [3.8, 4) is 0 Å². The summed E-state index contributed by atoms with van der Waals surface area (Å²) in [6.07, 6.45) is 6.65. The fourth-order valence-electron chi connectivity index (χ4n) is 4.42. The van der Waals surface area contributed by atoms with Crippen LogP contribution in [0.15, 0.2) is 48.2 Å². The molecule has 0 bridgehead atoms. The Morgan fingerprint density at radius 2 is 2.11 bits per heavy atom. The normalized spacial score (nSPS) is 18.3. The third-order valence-electron chi connectivity index (χ3n) is 6.13. The second-order valence-corrected chi connectivity index (χ2v) is 9.74. The number of anilines is 3. The topological polar surface area (TPSA) is 117 Å². The van der Waals surface area contributed by atoms with E-state index in [1.165, 1.54) is 11.3 Å². The van der Waals surface area contributed by atoms with Gasteiger partial charge in [-0.05, 0) is 49.5 Å². The number of nitrogens with zero attached hydrogens (tertiary/aromatic N) is 4. The maximum Gasteiger partial charge on any atom is 0.331 e. The van der Waals surface area contributed by atoms with E-state index in [1.807, 2.05) is 19.9 Å². The molecule has 1 aliphatic heterocycles. The molecule has 1 aliphatic carbocycles. The molecule has 0 spiro atoms. The highest BCUT2D eigenvalue weighted by Gasteiger charge is 2.34. The molecule has 1 saturated carbocycles. The predicted octanol–water partition coefficient (Wildman–Crippen LogP) is 4.93. The van der Waals surface area contributed by atoms with Crippen molar-refractivity contribution in [3.63, 3.8) is 0 Å². The first kappa shape index (κ1) is 22.9. The predicted molar refractivity (Wildman–Crippen MR) is 137 cm³/mol. The number of urea groups is 1. The smallest absolute Gasteiger partial charge is 0.331 e. The maximum absolute atomic E-state index is 13.3. The molecule has 0 unspecified atom stereocenters. The minimum absolute atomic E-state index is 0.207. The largest absolute Gasteiger partial charge is 0.343 e. The lowest BCUT2D eigenvalue weighted by atomic mass is 10.1. The first-order valence-electron chi connectivity index (χ1n) is 11.4. The molecular formula is C25H24N6O3S. The van der Waals surface area contributed by atoms with Crippen LogP contribution in [0.4, 0.5) is 21.9 Å². The van der Waals surface area contributed by atoms with E-state index in [0.29, 0.717) is 50.7 Å². The van der Waals surface area contributed by atoms with Gasteiger partial charge in [0.1, 0.15) is 9.71 Å². The molecule has 10 heteroatoms. The van der Waals surface area contributed by atoms with Crippen molar-refractivity contribution < 1.29 is 14.4 Å². The van der Waals surface area contributed by atoms with Crippen LogP contribution >= 0.6 is 11.3 Å². The Kier molecular flexibility index (Phi) is 5.89. The van der Waals surface area contributed by atoms with E-state index >= 15 is 0 Å². The van der Waals surface area contributed by atoms with Gasteiger partial charge in [-0.25, -0.2) is 14.8 Å². The van der Waals surface area contributed by atoms with Gasteiger partial charge in [0.05, 0.1) is 28.5 Å². The van der Waals surface area contributed by atoms with Crippen LogP contribution in [-0.4, -0.2) is 39.6 Å². The van der Waals surface area contributed by atoms with Gasteiger partial charge < -0.3 is 10.6 Å². The van der Waals surface area contributed by atoms with Gasteiger partial charge in [0.25, 0.3) is 11.8 Å². The Balaban J connectivity index is 1.52. The van der Waals surface area contributed by atoms with Crippen LogP contribution < -0.4 is 15.5 Å². The molecule has 1 atom stereocenters. The average molecular weight is 489 g/mol. The Labute approximate surface area is 206 Å². The van der Waals surface area contributed by atoms with Crippen LogP contribution in [-0.2, 0) is 4.79 Å². The number of carbonyl (C=O) groups is 3. The Hall–Kier alpha value is -3.92. The van der Waals surface area contributed by atoms with Crippen LogP contribution in [0.25, 0.3) is 10.2 Å². The third kappa shape index (κ3) is 4.10. The Morgan fingerprint density at radius 1 is 1.31 bits per heavy atom. The summed E-state index contributed by atoms with van der Waals surface area (Å²) in [6, 6.07) is 4.76. The van der Waals surface area contributed by atoms with E-state index in [9.17, 15) is 14.4 Å². The summed E-state index contributed by atoms with van der Waals surface area (Å²) in [5, 5.41) is 6.61. The number of hydrogen-bond acceptors (Lipinski definition) is 6. The van der Waals surface area contributed by atoms with E-state index in [1.54, 1.807) is 29.4 Å². The van der Waals surface area contributed by atoms with Crippen molar-refractivity contribution in [2.45, 2.75) is 45.1 Å². The molecule has 178 valence electrons. The zero-order valence-corrected chi connectivity index (χ0v) is 20.2. The van der Waals surface area contributed by atoms with Gasteiger partial charge in [-0.2, -0.15) is 0 Å². The highest BCUT2D eigenvalue weighted by atomic mass is 32.1. The van der Waals surface area contributed by atoms with Crippen molar-refractivity contribution in [1.29, 1.82) is 0 Å². The number of thiophene rings is 1. The molecule has 2 N–H and O–H groups in total. The number of rotatable bonds is 5. The molecule has 1 fully saturated rings. The maximum atomic E-state index is 13.3. The monoisotopic (exact) mass is 488 g/mol. The molecule has 9 nitrogen and oxygen atoms in total. The van der Waals surface area contributed by atoms with Gasteiger partial charge in [0, 0.05) is 23.8 Å². The standard InChI is InChI=1S/C25H24N6O3S/c1-4-19(32)28-15-6-5-7-16(15)29-23(33)22-21-20-18(9-11-27-24(20)35-22)31(25(34)30-21)14-8-10-26-17(12-14)13(2)3/h4,8-13,16H,1,5-7H2,2-3H3,(H,29,33)(H,30,34)/t16-/m1/s1. The highest BCUT2D eigenvalue weighted by molar-refractivity contribution is 7.21. The zero-order chi connectivity index (χ0) is 24.7. The summed E-state index contributed by atoms with van der Waals surface area (Å²) >= 11 is 1.22. The number of nitrogens with one attached hydrogen (secondary N) is 2. The van der Waals surface area contributed by atoms with Crippen LogP contribution in [0.5, 0.6) is 0 Å². The minimum Gasteiger partial charge on any atom is -0.343 e. The van der Waals surface area contributed by atoms with Gasteiger partial charge in [-0.15, -0.1) is 11.3 Å². The average Bonchev–Trinajstić information content (AvgIpc) is 3.44. The third-order valence-corrected chi connectivity index (χ3v) is 7.22. The van der Waals surface area contributed by atoms with Crippen molar-refractivity contribution in [2.75, 3.05) is 10.2 Å². The zero-order valence-electron chi connectivity index (χ0n) is 19.4. The number of carbonyl (C=O) groups excluding carboxylic acids is 3. The quantitative estimate of drug-likeness (QED) is 0.494. The SMILES string of the molecule is C=CC(=O)N=C1CCC[C@H]1NC(=O)c1sc2nccc3c2c1NC(=O)N3c1ccnc(C(C)C)c1. The lowest BCUT2D eigenvalue weighted by Crippen LogP contribution is -2.39. The number of aromatic nitrogens is 2. The van der Waals surface area contributed by atoms with Gasteiger partial charge >= 0.3 is 6.03 Å². The summed E-state index contributed by atoms with van der Waals surface area (Å²) in [5.74, 6) is -0.548. The van der Waals surface area contributed by atoms with Crippen molar-refractivity contribution in [1.82, 2.24) is 15.3 Å². The minimum atomic E-state index is -0.420. The van der Waals surface area contributed by atoms with Gasteiger partial charge in [-0.1, -0.05) is 20.4 Å². The molecule has 5 rings (SSSR count). The van der Waals surface area contributed by atoms with E-state index in [-0.39, 0.29) is 23.9 Å². The molecule has 0 radical (unpaired) electrons. The van der Waals surface area contributed by atoms with Gasteiger partial charge in [-0.3, -0.25) is 19.5 Å². The van der Waals surface area contributed by atoms with Crippen LogP contribution in [0.2, 0.25) is 0 Å². The summed E-state index contributed by atoms with van der Waals surface area (Å²) in [7, 11) is 0. The Morgan fingerprint density at radius 3 is 2.89 bits per heavy atom. The molecule has 3 aromatic rings. The van der Waals surface area contributed by atoms with Gasteiger partial charge in [0.2, 0.25) is 0 Å². The lowest BCUT2D eigenvalue weighted by molar-refractivity contribution is -0.113. The van der Waals surface area contributed by atoms with Crippen molar-refractivity contribution in [3.05, 3.63) is 53.8 Å². The van der Waals surface area contributed by atoms with E-state index in [4.69, 9.17) is 0 Å². The molecule has 2 aliphatic rings. The summed E-state index contributed by atoms with van der Waals surface area (Å²) in [4.78, 5) is 53.8. The second-order valence-electron chi connectivity index (χ2n) is 8.74. The Bertz CT molecular complexity index is 1410. The van der Waals surface area contributed by atoms with Crippen LogP contribution in [0.3, 0.4) is 0 Å². The second kappa shape index (κ2) is 9.03. The molecule has 3 aromatic heterocycles. The molecular weight excluding hydrogens is 464 g/mol. The van der Waals surface area contributed by atoms with E-state index < -0.39 is 5.91 Å². The van der Waals surface area contributed by atoms with Crippen molar-refractivity contribution in [2.24, 2.45) is 4.99 Å². The summed E-state index contributed by atoms with van der Waals surface area (Å²) in [5.41, 5.74) is 3.31. The number of amides is 4. The molecule has 0 aromatic carbocycles. The lowest BCUT2D eigenvalue weighted by Gasteiger charge is -2.28. The fraction of sp³-hybridized carbons (Fsp3) is 0.280. The summed E-state index contributed by atoms with van der Waals surface area (Å²) < 4.78 is 0. The molecule has 4 amide bonds. The fourth-order valence-corrected chi connectivity index (χ4v) is 5.44. The van der Waals surface area contributed by atoms with Crippen LogP contribution in [0, 0.1) is 0 Å². The first-order valence-corrected chi connectivity index (χ1v) is 12.2. The van der Waals surface area contributed by atoms with Crippen LogP contribution in [0.1, 0.15) is 54.4 Å².